The number of rotatable bonds is 1. The summed E-state index contributed by atoms with van der Waals surface area (Å²) in [4.78, 5) is 31.7. The lowest BCUT2D eigenvalue weighted by molar-refractivity contribution is -0.384. The van der Waals surface area contributed by atoms with Crippen LogP contribution in [0.3, 0.4) is 0 Å². The number of alkyl halides is 3. The lowest BCUT2D eigenvalue weighted by Crippen LogP contribution is -2.34. The second-order valence-corrected chi connectivity index (χ2v) is 3.99. The number of halogens is 4. The van der Waals surface area contributed by atoms with Crippen molar-refractivity contribution < 1.29 is 27.7 Å². The van der Waals surface area contributed by atoms with Crippen molar-refractivity contribution in [3.05, 3.63) is 26.8 Å². The summed E-state index contributed by atoms with van der Waals surface area (Å²) in [7, 11) is 0. The van der Waals surface area contributed by atoms with Gasteiger partial charge in [-0.2, -0.15) is 18.5 Å². The predicted molar refractivity (Wildman–Crippen MR) is 58.5 cm³/mol. The van der Waals surface area contributed by atoms with E-state index in [9.17, 15) is 32.9 Å². The average molecular weight is 309 g/mol. The second-order valence-electron chi connectivity index (χ2n) is 3.61. The Labute approximate surface area is 112 Å². The first-order chi connectivity index (χ1) is 9.12. The summed E-state index contributed by atoms with van der Waals surface area (Å²) in [6, 6.07) is 0.387. The zero-order chi connectivity index (χ0) is 15.2. The summed E-state index contributed by atoms with van der Waals surface area (Å²) in [5.41, 5.74) is -4.00. The first kappa shape index (κ1) is 14.1. The molecule has 20 heavy (non-hydrogen) atoms. The van der Waals surface area contributed by atoms with Crippen LogP contribution >= 0.6 is 11.6 Å². The minimum atomic E-state index is -4.97. The summed E-state index contributed by atoms with van der Waals surface area (Å²) in [5, 5.41) is 14.5. The summed E-state index contributed by atoms with van der Waals surface area (Å²) in [6.07, 6.45) is -4.97. The van der Waals surface area contributed by atoms with Crippen LogP contribution in [-0.4, -0.2) is 16.7 Å². The zero-order valence-electron chi connectivity index (χ0n) is 9.12. The van der Waals surface area contributed by atoms with Crippen molar-refractivity contribution in [2.45, 2.75) is 6.18 Å². The molecule has 0 bridgehead atoms. The van der Waals surface area contributed by atoms with Crippen LogP contribution in [0.15, 0.2) is 6.07 Å². The van der Waals surface area contributed by atoms with Crippen LogP contribution in [0.1, 0.15) is 5.56 Å². The van der Waals surface area contributed by atoms with Gasteiger partial charge in [-0.15, -0.1) is 0 Å². The highest BCUT2D eigenvalue weighted by molar-refractivity contribution is 6.43. The predicted octanol–water partition coefficient (Wildman–Crippen LogP) is 1.98. The largest absolute Gasteiger partial charge is 0.418 e. The smallest absolute Gasteiger partial charge is 0.316 e. The van der Waals surface area contributed by atoms with Gasteiger partial charge in [0, 0.05) is 0 Å². The van der Waals surface area contributed by atoms with Gasteiger partial charge in [0.05, 0.1) is 16.2 Å². The molecule has 0 aromatic heterocycles. The highest BCUT2D eigenvalue weighted by atomic mass is 35.5. The van der Waals surface area contributed by atoms with E-state index in [2.05, 4.69) is 5.32 Å². The number of carbonyl (C=O) groups excluding carboxylic acids is 2. The number of hydrogen-bond donors (Lipinski definition) is 1. The maximum atomic E-state index is 12.7. The van der Waals surface area contributed by atoms with E-state index in [1.54, 1.807) is 5.32 Å². The molecule has 7 nitrogen and oxygen atoms in total. The molecule has 0 aliphatic carbocycles. The number of carbonyl (C=O) groups is 2. The number of nitrogens with one attached hydrogen (secondary N) is 1. The number of benzene rings is 1. The van der Waals surface area contributed by atoms with Crippen molar-refractivity contribution in [3.8, 4) is 0 Å². The standard InChI is InChI=1S/C9H2ClF3N3O4/c10-4-2(9(11,12)13)1-3-5(6(4)16(19)20)15-8(18)7(17)14-3/h1H,(H,14,17). The van der Waals surface area contributed by atoms with Gasteiger partial charge in [-0.3, -0.25) is 19.7 Å². The quantitative estimate of drug-likeness (QED) is 0.486. The van der Waals surface area contributed by atoms with Crippen LogP contribution in [0.2, 0.25) is 5.02 Å². The third-order valence-corrected chi connectivity index (χ3v) is 2.74. The summed E-state index contributed by atoms with van der Waals surface area (Å²) in [5.74, 6) is -2.65. The zero-order valence-corrected chi connectivity index (χ0v) is 9.87. The molecule has 0 fully saturated rings. The van der Waals surface area contributed by atoms with E-state index in [-0.39, 0.29) is 0 Å². The van der Waals surface area contributed by atoms with Gasteiger partial charge < -0.3 is 5.32 Å². The second kappa shape index (κ2) is 4.34. The van der Waals surface area contributed by atoms with Crippen molar-refractivity contribution in [2.75, 3.05) is 5.32 Å². The molecule has 0 spiro atoms. The fourth-order valence-electron chi connectivity index (χ4n) is 1.54. The first-order valence-corrected chi connectivity index (χ1v) is 5.16. The number of anilines is 1. The minimum absolute atomic E-state index is 0.387. The van der Waals surface area contributed by atoms with E-state index in [1.165, 1.54) is 0 Å². The molecule has 2 amide bonds. The Bertz CT molecular complexity index is 659. The van der Waals surface area contributed by atoms with E-state index in [0.717, 1.165) is 0 Å². The van der Waals surface area contributed by atoms with E-state index in [4.69, 9.17) is 11.6 Å². The molecule has 1 aromatic rings. The SMILES string of the molecule is O=C1[N]c2c(cc(C(F)(F)F)c(Cl)c2[N+](=O)[O-])NC1=O. The van der Waals surface area contributed by atoms with Crippen molar-refractivity contribution in [1.29, 1.82) is 0 Å². The summed E-state index contributed by atoms with van der Waals surface area (Å²) in [6.45, 7) is 0. The van der Waals surface area contributed by atoms with Gasteiger partial charge in [0.2, 0.25) is 0 Å². The molecule has 0 saturated heterocycles. The molecule has 1 aromatic carbocycles. The van der Waals surface area contributed by atoms with E-state index in [1.807, 2.05) is 0 Å². The topological polar surface area (TPSA) is 103 Å². The van der Waals surface area contributed by atoms with Crippen LogP contribution in [0, 0.1) is 10.1 Å². The van der Waals surface area contributed by atoms with Crippen molar-refractivity contribution >= 4 is 40.5 Å². The van der Waals surface area contributed by atoms with Crippen molar-refractivity contribution in [1.82, 2.24) is 5.32 Å². The van der Waals surface area contributed by atoms with Crippen LogP contribution < -0.4 is 10.6 Å². The summed E-state index contributed by atoms with van der Waals surface area (Å²) < 4.78 is 38.2. The van der Waals surface area contributed by atoms with E-state index >= 15 is 0 Å². The van der Waals surface area contributed by atoms with Crippen molar-refractivity contribution in [3.63, 3.8) is 0 Å². The van der Waals surface area contributed by atoms with Crippen LogP contribution in [0.25, 0.3) is 0 Å². The molecular formula is C9H2ClF3N3O4. The Hall–Kier alpha value is -2.36. The van der Waals surface area contributed by atoms with Gasteiger partial charge >= 0.3 is 23.7 Å². The Balaban J connectivity index is 2.79. The molecule has 0 saturated carbocycles. The fourth-order valence-corrected chi connectivity index (χ4v) is 1.86. The molecule has 1 aliphatic rings. The van der Waals surface area contributed by atoms with E-state index < -0.39 is 50.6 Å². The third-order valence-electron chi connectivity index (χ3n) is 2.36. The first-order valence-electron chi connectivity index (χ1n) is 4.78. The number of nitro benzene ring substituents is 1. The van der Waals surface area contributed by atoms with Crippen LogP contribution in [0.4, 0.5) is 30.2 Å². The van der Waals surface area contributed by atoms with Crippen LogP contribution in [-0.2, 0) is 15.8 Å². The number of fused-ring (bicyclic) bond motifs is 1. The molecule has 1 radical (unpaired) electrons. The average Bonchev–Trinajstić information content (AvgIpc) is 2.28. The molecule has 1 aliphatic heterocycles. The van der Waals surface area contributed by atoms with Gasteiger partial charge in [0.25, 0.3) is 0 Å². The molecular weight excluding hydrogens is 307 g/mol. The lowest BCUT2D eigenvalue weighted by Gasteiger charge is -2.18. The fraction of sp³-hybridized carbons (Fsp3) is 0.111. The Morgan fingerprint density at radius 2 is 1.95 bits per heavy atom. The van der Waals surface area contributed by atoms with Crippen molar-refractivity contribution in [2.24, 2.45) is 0 Å². The Kier molecular flexibility index (Phi) is 3.05. The molecule has 11 heteroatoms. The Morgan fingerprint density at radius 1 is 1.35 bits per heavy atom. The number of hydrogen-bond acceptors (Lipinski definition) is 4. The van der Waals surface area contributed by atoms with Gasteiger partial charge in [0.15, 0.2) is 5.69 Å². The molecule has 2 rings (SSSR count). The lowest BCUT2D eigenvalue weighted by atomic mass is 10.1. The van der Waals surface area contributed by atoms with Gasteiger partial charge in [-0.05, 0) is 6.07 Å². The number of amides is 2. The third kappa shape index (κ3) is 2.13. The van der Waals surface area contributed by atoms with E-state index in [0.29, 0.717) is 6.07 Å². The molecule has 1 heterocycles. The maximum Gasteiger partial charge on any atom is 0.418 e. The maximum absolute atomic E-state index is 12.7. The number of nitro groups is 1. The monoisotopic (exact) mass is 308 g/mol. The van der Waals surface area contributed by atoms with Crippen LogP contribution in [0.5, 0.6) is 0 Å². The molecule has 1 N–H and O–H groups in total. The number of nitrogens with zero attached hydrogens (tertiary/aromatic N) is 2. The molecule has 0 atom stereocenters. The van der Waals surface area contributed by atoms with Gasteiger partial charge in [0.1, 0.15) is 5.02 Å². The normalized spacial score (nSPS) is 14.4. The molecule has 105 valence electrons. The van der Waals surface area contributed by atoms with Gasteiger partial charge in [-0.1, -0.05) is 11.6 Å². The van der Waals surface area contributed by atoms with Gasteiger partial charge in [-0.25, -0.2) is 0 Å². The highest BCUT2D eigenvalue weighted by Crippen LogP contribution is 2.47. The Morgan fingerprint density at radius 3 is 2.45 bits per heavy atom. The highest BCUT2D eigenvalue weighted by Gasteiger charge is 2.42. The summed E-state index contributed by atoms with van der Waals surface area (Å²) >= 11 is 5.36. The molecule has 0 unspecified atom stereocenters. The minimum Gasteiger partial charge on any atom is -0.316 e.